The standard InChI is InChI=1S/3C2H2O4.Al.Mg.Na/c3*3-1(4)2(5)6;;;/h3*(H,3,4)(H,5,6);;;/q;;;+3;+2;+1/p-6. The maximum atomic E-state index is 10.3. The molecule has 0 aromatic rings. The summed E-state index contributed by atoms with van der Waals surface area (Å²) in [5.74, 6) is -10.8. The van der Waals surface area contributed by atoms with Crippen LogP contribution in [-0.2, 0) is 40.1 Å². The van der Waals surface area contributed by atoms with E-state index in [-0.39, 0.29) is 52.6 Å². The van der Waals surface area contributed by atoms with E-state index in [1.165, 1.54) is 0 Å². The molecule has 0 aromatic heterocycles. The molecule has 0 spiro atoms. The average Bonchev–Trinajstić information content (AvgIpc) is 2.58. The minimum absolute atomic E-state index is 0. The average molecular weight is 338 g/mol. The molecule has 0 N–H and O–H groups in total. The van der Waals surface area contributed by atoms with Crippen LogP contribution in [0, 0.1) is 0 Å². The molecule has 0 bridgehead atoms. The molecule has 0 saturated carbocycles. The fourth-order valence-corrected chi connectivity index (χ4v) is 1.44. The molecule has 0 aliphatic carbocycles. The third kappa shape index (κ3) is 10.5. The van der Waals surface area contributed by atoms with Crippen LogP contribution in [0.5, 0.6) is 0 Å². The van der Waals surface area contributed by atoms with Crippen molar-refractivity contribution < 1.29 is 85.0 Å². The van der Waals surface area contributed by atoms with Gasteiger partial charge in [0.25, 0.3) is 0 Å². The number of hydrogen-bond donors (Lipinski definition) is 0. The van der Waals surface area contributed by atoms with Gasteiger partial charge in [0, 0.05) is 0 Å². The van der Waals surface area contributed by atoms with Crippen molar-refractivity contribution in [3.8, 4) is 0 Å². The molecule has 12 nitrogen and oxygen atoms in total. The Labute approximate surface area is 158 Å². The van der Waals surface area contributed by atoms with Crippen LogP contribution in [0.15, 0.2) is 0 Å². The van der Waals surface area contributed by atoms with Crippen molar-refractivity contribution in [3.05, 3.63) is 0 Å². The second-order valence-corrected chi connectivity index (χ2v) is 3.65. The molecule has 0 radical (unpaired) electrons. The largest absolute Gasteiger partial charge is 2.00 e. The van der Waals surface area contributed by atoms with E-state index >= 15 is 0 Å². The zero-order valence-electron chi connectivity index (χ0n) is 10.2. The van der Waals surface area contributed by atoms with E-state index in [0.717, 1.165) is 0 Å². The molecule has 21 heavy (non-hydrogen) atoms. The molecule has 0 aromatic carbocycles. The number of carbonyl (C=O) groups is 6. The first-order valence-electron chi connectivity index (χ1n) is 3.91. The molecule has 102 valence electrons. The van der Waals surface area contributed by atoms with Gasteiger partial charge in [-0.15, -0.1) is 0 Å². The summed E-state index contributed by atoms with van der Waals surface area (Å²) in [5, 5.41) is 27.7. The Morgan fingerprint density at radius 1 is 0.857 bits per heavy atom. The topological polar surface area (TPSA) is 199 Å². The molecule has 1 heterocycles. The molecule has 0 atom stereocenters. The van der Waals surface area contributed by atoms with E-state index in [1.807, 2.05) is 0 Å². The van der Waals surface area contributed by atoms with Gasteiger partial charge in [0.1, 0.15) is 5.97 Å². The Hall–Kier alpha value is -0.881. The van der Waals surface area contributed by atoms with E-state index in [4.69, 9.17) is 19.8 Å². The molecular weight excluding hydrogens is 338 g/mol. The van der Waals surface area contributed by atoms with E-state index in [9.17, 15) is 24.3 Å². The second-order valence-electron chi connectivity index (χ2n) is 2.37. The van der Waals surface area contributed by atoms with Gasteiger partial charge in [-0.05, 0) is 0 Å². The fourth-order valence-electron chi connectivity index (χ4n) is 0.479. The Bertz CT molecular complexity index is 435. The molecule has 15 heteroatoms. The van der Waals surface area contributed by atoms with Crippen molar-refractivity contribution >= 4 is 74.0 Å². The van der Waals surface area contributed by atoms with Crippen LogP contribution < -0.4 is 44.9 Å². The van der Waals surface area contributed by atoms with Crippen molar-refractivity contribution in [3.63, 3.8) is 0 Å². The summed E-state index contributed by atoms with van der Waals surface area (Å²) in [7, 11) is 0. The number of carboxylic acid groups (broad SMARTS) is 3. The van der Waals surface area contributed by atoms with Crippen LogP contribution in [0.2, 0.25) is 0 Å². The summed E-state index contributed by atoms with van der Waals surface area (Å²) < 4.78 is 12.1. The van der Waals surface area contributed by atoms with Crippen LogP contribution in [0.1, 0.15) is 0 Å². The van der Waals surface area contributed by atoms with Crippen molar-refractivity contribution in [1.29, 1.82) is 0 Å². The van der Waals surface area contributed by atoms with E-state index in [0.29, 0.717) is 0 Å². The number of hydrogen-bond acceptors (Lipinski definition) is 12. The predicted molar refractivity (Wildman–Crippen MR) is 44.8 cm³/mol. The first-order valence-corrected chi connectivity index (χ1v) is 5.32. The second kappa shape index (κ2) is 11.7. The summed E-state index contributed by atoms with van der Waals surface area (Å²) in [6.07, 6.45) is 0. The van der Waals surface area contributed by atoms with E-state index < -0.39 is 51.0 Å². The summed E-state index contributed by atoms with van der Waals surface area (Å²) in [6, 6.07) is 0. The van der Waals surface area contributed by atoms with E-state index in [2.05, 4.69) is 11.4 Å². The van der Waals surface area contributed by atoms with Crippen LogP contribution in [0.4, 0.5) is 0 Å². The smallest absolute Gasteiger partial charge is 0.546 e. The predicted octanol–water partition coefficient (Wildman–Crippen LogP) is -10.5. The maximum Gasteiger partial charge on any atom is 2.00 e. The minimum Gasteiger partial charge on any atom is -0.546 e. The molecular formula is C6AlMgNaO12. The van der Waals surface area contributed by atoms with Gasteiger partial charge in [0.2, 0.25) is 0 Å². The first-order chi connectivity index (χ1) is 8.65. The van der Waals surface area contributed by atoms with Crippen molar-refractivity contribution in [2.45, 2.75) is 0 Å². The summed E-state index contributed by atoms with van der Waals surface area (Å²) >= 11 is -3.28. The Morgan fingerprint density at radius 2 is 1.19 bits per heavy atom. The van der Waals surface area contributed by atoms with Crippen LogP contribution in [0.3, 0.4) is 0 Å². The van der Waals surface area contributed by atoms with Gasteiger partial charge in [0.15, 0.2) is 0 Å². The number of rotatable bonds is 1. The first kappa shape index (κ1) is 25.1. The third-order valence-electron chi connectivity index (χ3n) is 1.11. The SMILES string of the molecule is O=C([O-])C(=O)[O-].O=C([O-])C(=O)[O][Al]1[O]C(=O)C(=O)[O]1.[Mg+2].[Na+]. The van der Waals surface area contributed by atoms with Crippen LogP contribution in [0.25, 0.3) is 0 Å². The number of aliphatic carboxylic acids is 3. The van der Waals surface area contributed by atoms with Gasteiger partial charge in [-0.25, -0.2) is 14.4 Å². The normalized spacial score (nSPS) is 11.3. The third-order valence-corrected chi connectivity index (χ3v) is 2.33. The Kier molecular flexibility index (Phi) is 14.0. The molecule has 0 amide bonds. The minimum atomic E-state index is -3.28. The van der Waals surface area contributed by atoms with Gasteiger partial charge in [-0.3, -0.25) is 0 Å². The van der Waals surface area contributed by atoms with Crippen LogP contribution >= 0.6 is 0 Å². The zero-order chi connectivity index (χ0) is 15.2. The fraction of sp³-hybridized carbons (Fsp3) is 0. The Balaban J connectivity index is -0.000000352. The zero-order valence-corrected chi connectivity index (χ0v) is 14.8. The molecule has 1 fully saturated rings. The molecule has 1 rings (SSSR count). The number of carbonyl (C=O) groups excluding carboxylic acids is 6. The van der Waals surface area contributed by atoms with Gasteiger partial charge >= 0.3 is 85.7 Å². The van der Waals surface area contributed by atoms with Crippen molar-refractivity contribution in [2.24, 2.45) is 0 Å². The summed E-state index contributed by atoms with van der Waals surface area (Å²) in [6.45, 7) is 0. The monoisotopic (exact) mass is 338 g/mol. The summed E-state index contributed by atoms with van der Waals surface area (Å²) in [5.41, 5.74) is 0. The van der Waals surface area contributed by atoms with Crippen molar-refractivity contribution in [1.82, 2.24) is 0 Å². The van der Waals surface area contributed by atoms with Gasteiger partial charge in [0.05, 0.1) is 11.9 Å². The Morgan fingerprint density at radius 3 is 1.43 bits per heavy atom. The molecule has 1 aliphatic heterocycles. The van der Waals surface area contributed by atoms with Crippen molar-refractivity contribution in [2.75, 3.05) is 0 Å². The van der Waals surface area contributed by atoms with E-state index in [1.54, 1.807) is 0 Å². The molecule has 0 unspecified atom stereocenters. The van der Waals surface area contributed by atoms with Gasteiger partial charge < -0.3 is 41.1 Å². The molecule has 1 saturated heterocycles. The summed E-state index contributed by atoms with van der Waals surface area (Å²) in [4.78, 5) is 58.6. The van der Waals surface area contributed by atoms with Crippen LogP contribution in [-0.4, -0.2) is 74.0 Å². The van der Waals surface area contributed by atoms with Gasteiger partial charge in [-0.1, -0.05) is 0 Å². The molecule has 1 aliphatic rings. The number of carboxylic acids is 3. The van der Waals surface area contributed by atoms with Gasteiger partial charge in [-0.2, -0.15) is 0 Å². The maximum absolute atomic E-state index is 10.3. The quantitative estimate of drug-likeness (QED) is 0.323.